The van der Waals surface area contributed by atoms with Crippen LogP contribution in [0.25, 0.3) is 10.8 Å². The maximum Gasteiger partial charge on any atom is 0.275 e. The van der Waals surface area contributed by atoms with E-state index in [1.54, 1.807) is 37.3 Å². The number of fused-ring (bicyclic) bond motifs is 1. The summed E-state index contributed by atoms with van der Waals surface area (Å²) >= 11 is 12.0. The van der Waals surface area contributed by atoms with E-state index in [9.17, 15) is 19.5 Å². The van der Waals surface area contributed by atoms with Gasteiger partial charge in [-0.2, -0.15) is 5.10 Å². The second kappa shape index (κ2) is 8.00. The van der Waals surface area contributed by atoms with Crippen LogP contribution in [0.5, 0.6) is 0 Å². The van der Waals surface area contributed by atoms with Crippen molar-refractivity contribution in [1.82, 2.24) is 15.1 Å². The highest BCUT2D eigenvalue weighted by Crippen LogP contribution is 2.26. The third kappa shape index (κ3) is 4.00. The number of rotatable bonds is 5. The quantitative estimate of drug-likeness (QED) is 0.681. The second-order valence-corrected chi connectivity index (χ2v) is 6.94. The van der Waals surface area contributed by atoms with E-state index in [0.717, 1.165) is 4.68 Å². The molecule has 3 aromatic rings. The molecule has 0 aliphatic heterocycles. The van der Waals surface area contributed by atoms with Gasteiger partial charge in [-0.05, 0) is 30.7 Å². The van der Waals surface area contributed by atoms with Gasteiger partial charge >= 0.3 is 0 Å². The monoisotopic (exact) mass is 418 g/mol. The van der Waals surface area contributed by atoms with Crippen molar-refractivity contribution < 1.29 is 14.7 Å². The highest BCUT2D eigenvalue weighted by Gasteiger charge is 2.16. The number of carbonyl (C=O) groups excluding carboxylic acids is 2. The summed E-state index contributed by atoms with van der Waals surface area (Å²) in [6.07, 6.45) is 0. The number of amides is 1. The Balaban J connectivity index is 1.88. The minimum atomic E-state index is -1.54. The van der Waals surface area contributed by atoms with Gasteiger partial charge in [0.15, 0.2) is 0 Å². The van der Waals surface area contributed by atoms with E-state index >= 15 is 0 Å². The molecule has 0 aliphatic rings. The Bertz CT molecular complexity index is 1140. The minimum absolute atomic E-state index is 0.137. The average molecular weight is 419 g/mol. The standard InChI is InChI=1S/C19H15Cl2N3O4/c1-10(12-7-6-11(20)8-15(12)21)22-16(25)9-24-18(26)14-5-3-2-4-13(14)17(23-24)19(27)28/h2-8,10H,9H2,1H3,(H,22,25)(H,27,28)/p-1/t10-/m1/s1. The highest BCUT2D eigenvalue weighted by atomic mass is 35.5. The Hall–Kier alpha value is -2.90. The van der Waals surface area contributed by atoms with Crippen molar-refractivity contribution in [3.63, 3.8) is 0 Å². The molecule has 1 atom stereocenters. The van der Waals surface area contributed by atoms with Crippen molar-refractivity contribution in [3.8, 4) is 0 Å². The van der Waals surface area contributed by atoms with Gasteiger partial charge in [-0.1, -0.05) is 47.5 Å². The molecule has 0 unspecified atom stereocenters. The first kappa shape index (κ1) is 19.9. The zero-order valence-corrected chi connectivity index (χ0v) is 16.1. The lowest BCUT2D eigenvalue weighted by Gasteiger charge is -2.17. The fourth-order valence-corrected chi connectivity index (χ4v) is 3.42. The van der Waals surface area contributed by atoms with Crippen LogP contribution in [-0.4, -0.2) is 21.7 Å². The summed E-state index contributed by atoms with van der Waals surface area (Å²) < 4.78 is 0.805. The molecule has 144 valence electrons. The number of hydrogen-bond donors (Lipinski definition) is 1. The Morgan fingerprint density at radius 3 is 2.50 bits per heavy atom. The molecule has 1 aromatic heterocycles. The van der Waals surface area contributed by atoms with Crippen molar-refractivity contribution in [3.05, 3.63) is 74.1 Å². The average Bonchev–Trinajstić information content (AvgIpc) is 2.63. The second-order valence-electron chi connectivity index (χ2n) is 6.10. The predicted molar refractivity (Wildman–Crippen MR) is 103 cm³/mol. The van der Waals surface area contributed by atoms with E-state index in [1.807, 2.05) is 0 Å². The summed E-state index contributed by atoms with van der Waals surface area (Å²) in [5.74, 6) is -2.07. The molecular formula is C19H14Cl2N3O4-. The molecule has 0 saturated carbocycles. The summed E-state index contributed by atoms with van der Waals surface area (Å²) in [6, 6.07) is 10.5. The zero-order valence-electron chi connectivity index (χ0n) is 14.6. The van der Waals surface area contributed by atoms with Crippen molar-refractivity contribution in [2.45, 2.75) is 19.5 Å². The minimum Gasteiger partial charge on any atom is -0.543 e. The summed E-state index contributed by atoms with van der Waals surface area (Å²) in [5, 5.41) is 19.0. The Kier molecular flexibility index (Phi) is 5.67. The number of nitrogens with zero attached hydrogens (tertiary/aromatic N) is 2. The molecule has 0 aliphatic carbocycles. The summed E-state index contributed by atoms with van der Waals surface area (Å²) in [4.78, 5) is 36.3. The van der Waals surface area contributed by atoms with Crippen LogP contribution in [0, 0.1) is 0 Å². The third-order valence-electron chi connectivity index (χ3n) is 4.16. The maximum absolute atomic E-state index is 12.6. The number of aromatic carboxylic acids is 1. The summed E-state index contributed by atoms with van der Waals surface area (Å²) in [6.45, 7) is 1.26. The number of aromatic nitrogens is 2. The summed E-state index contributed by atoms with van der Waals surface area (Å²) in [7, 11) is 0. The van der Waals surface area contributed by atoms with Crippen LogP contribution >= 0.6 is 23.2 Å². The van der Waals surface area contributed by atoms with Gasteiger partial charge in [0.1, 0.15) is 12.2 Å². The predicted octanol–water partition coefficient (Wildman–Crippen LogP) is 1.94. The first-order chi connectivity index (χ1) is 13.3. The lowest BCUT2D eigenvalue weighted by Crippen LogP contribution is -2.37. The number of carboxylic acids is 1. The number of carboxylic acid groups (broad SMARTS) is 1. The first-order valence-electron chi connectivity index (χ1n) is 8.23. The van der Waals surface area contributed by atoms with Crippen LogP contribution in [0.3, 0.4) is 0 Å². The lowest BCUT2D eigenvalue weighted by atomic mass is 10.1. The molecule has 2 aromatic carbocycles. The smallest absolute Gasteiger partial charge is 0.275 e. The van der Waals surface area contributed by atoms with Gasteiger partial charge in [0.25, 0.3) is 5.56 Å². The van der Waals surface area contributed by atoms with Crippen molar-refractivity contribution in [1.29, 1.82) is 0 Å². The number of hydrogen-bond acceptors (Lipinski definition) is 5. The number of nitrogens with one attached hydrogen (secondary N) is 1. The number of carbonyl (C=O) groups is 2. The molecule has 0 bridgehead atoms. The first-order valence-corrected chi connectivity index (χ1v) is 8.99. The molecule has 3 rings (SSSR count). The Morgan fingerprint density at radius 2 is 1.86 bits per heavy atom. The van der Waals surface area contributed by atoms with Crippen LogP contribution in [-0.2, 0) is 11.3 Å². The van der Waals surface area contributed by atoms with E-state index < -0.39 is 35.7 Å². The Labute approximate surface area is 169 Å². The molecule has 0 spiro atoms. The number of benzene rings is 2. The van der Waals surface area contributed by atoms with Crippen LogP contribution in [0.15, 0.2) is 47.3 Å². The maximum atomic E-state index is 12.6. The molecule has 0 saturated heterocycles. The molecule has 0 radical (unpaired) electrons. The number of halogens is 2. The Morgan fingerprint density at radius 1 is 1.18 bits per heavy atom. The van der Waals surface area contributed by atoms with Gasteiger partial charge in [0.05, 0.1) is 17.4 Å². The SMILES string of the molecule is C[C@@H](NC(=O)Cn1nc(C(=O)[O-])c2ccccc2c1=O)c1ccc(Cl)cc1Cl. The molecule has 1 N–H and O–H groups in total. The van der Waals surface area contributed by atoms with Crippen LogP contribution in [0.4, 0.5) is 0 Å². The normalized spacial score (nSPS) is 12.0. The fraction of sp³-hybridized carbons (Fsp3) is 0.158. The molecule has 7 nitrogen and oxygen atoms in total. The van der Waals surface area contributed by atoms with Crippen molar-refractivity contribution >= 4 is 45.9 Å². The van der Waals surface area contributed by atoms with Gasteiger partial charge in [-0.3, -0.25) is 9.59 Å². The highest BCUT2D eigenvalue weighted by molar-refractivity contribution is 6.35. The van der Waals surface area contributed by atoms with E-state index in [0.29, 0.717) is 15.6 Å². The molecule has 1 heterocycles. The van der Waals surface area contributed by atoms with Gasteiger partial charge < -0.3 is 15.2 Å². The van der Waals surface area contributed by atoms with Gasteiger partial charge in [-0.15, -0.1) is 0 Å². The van der Waals surface area contributed by atoms with Crippen LogP contribution in [0.1, 0.15) is 29.0 Å². The zero-order chi connectivity index (χ0) is 20.4. The molecule has 1 amide bonds. The van der Waals surface area contributed by atoms with Gasteiger partial charge in [0, 0.05) is 15.4 Å². The molecule has 28 heavy (non-hydrogen) atoms. The van der Waals surface area contributed by atoms with E-state index in [2.05, 4.69) is 10.4 Å². The fourth-order valence-electron chi connectivity index (χ4n) is 2.85. The third-order valence-corrected chi connectivity index (χ3v) is 4.72. The van der Waals surface area contributed by atoms with Crippen LogP contribution < -0.4 is 16.0 Å². The van der Waals surface area contributed by atoms with Crippen molar-refractivity contribution in [2.75, 3.05) is 0 Å². The largest absolute Gasteiger partial charge is 0.543 e. The van der Waals surface area contributed by atoms with E-state index in [4.69, 9.17) is 23.2 Å². The molecule has 0 fully saturated rings. The topological polar surface area (TPSA) is 104 Å². The van der Waals surface area contributed by atoms with E-state index in [1.165, 1.54) is 12.1 Å². The van der Waals surface area contributed by atoms with Crippen molar-refractivity contribution in [2.24, 2.45) is 0 Å². The van der Waals surface area contributed by atoms with E-state index in [-0.39, 0.29) is 10.8 Å². The lowest BCUT2D eigenvalue weighted by molar-refractivity contribution is -0.255. The molecule has 9 heteroatoms. The van der Waals surface area contributed by atoms with Gasteiger partial charge in [-0.25, -0.2) is 4.68 Å². The van der Waals surface area contributed by atoms with Crippen LogP contribution in [0.2, 0.25) is 10.0 Å². The van der Waals surface area contributed by atoms with Gasteiger partial charge in [0.2, 0.25) is 5.91 Å². The summed E-state index contributed by atoms with van der Waals surface area (Å²) in [5.41, 5.74) is -0.335. The molecular weight excluding hydrogens is 405 g/mol.